The Morgan fingerprint density at radius 2 is 2.00 bits per heavy atom. The fourth-order valence-electron chi connectivity index (χ4n) is 3.38. The molecule has 0 spiro atoms. The summed E-state index contributed by atoms with van der Waals surface area (Å²) in [7, 11) is 0. The van der Waals surface area contributed by atoms with Crippen LogP contribution < -0.4 is 5.56 Å². The van der Waals surface area contributed by atoms with E-state index in [0.29, 0.717) is 18.5 Å². The topological polar surface area (TPSA) is 55.2 Å². The van der Waals surface area contributed by atoms with Gasteiger partial charge >= 0.3 is 0 Å². The smallest absolute Gasteiger partial charge is 0.262 e. The predicted molar refractivity (Wildman–Crippen MR) is 108 cm³/mol. The lowest BCUT2D eigenvalue weighted by molar-refractivity contribution is -0.132. The Bertz CT molecular complexity index is 1080. The molecule has 7 heteroatoms. The van der Waals surface area contributed by atoms with Crippen molar-refractivity contribution < 1.29 is 9.18 Å². The number of benzene rings is 1. The van der Waals surface area contributed by atoms with Gasteiger partial charge in [-0.1, -0.05) is 12.1 Å². The summed E-state index contributed by atoms with van der Waals surface area (Å²) in [6.07, 6.45) is 3.77. The minimum atomic E-state index is -0.283. The highest BCUT2D eigenvalue weighted by Crippen LogP contribution is 2.29. The zero-order chi connectivity index (χ0) is 19.8. The second-order valence-electron chi connectivity index (χ2n) is 7.34. The normalized spacial score (nSPS) is 13.8. The third kappa shape index (κ3) is 3.71. The molecule has 1 fully saturated rings. The van der Waals surface area contributed by atoms with Gasteiger partial charge in [0.15, 0.2) is 0 Å². The third-order valence-electron chi connectivity index (χ3n) is 5.30. The van der Waals surface area contributed by atoms with Crippen LogP contribution in [0.3, 0.4) is 0 Å². The van der Waals surface area contributed by atoms with Gasteiger partial charge in [0.05, 0.1) is 11.7 Å². The Labute approximate surface area is 166 Å². The van der Waals surface area contributed by atoms with Crippen molar-refractivity contribution in [1.29, 1.82) is 0 Å². The van der Waals surface area contributed by atoms with E-state index in [-0.39, 0.29) is 29.7 Å². The molecule has 0 bridgehead atoms. The highest BCUT2D eigenvalue weighted by molar-refractivity contribution is 7.18. The Morgan fingerprint density at radius 1 is 1.29 bits per heavy atom. The monoisotopic (exact) mass is 399 g/mol. The van der Waals surface area contributed by atoms with Crippen molar-refractivity contribution in [1.82, 2.24) is 14.5 Å². The first-order valence-corrected chi connectivity index (χ1v) is 10.2. The van der Waals surface area contributed by atoms with Gasteiger partial charge in [-0.05, 0) is 49.9 Å². The number of fused-ring (bicyclic) bond motifs is 1. The highest BCUT2D eigenvalue weighted by atomic mass is 32.1. The van der Waals surface area contributed by atoms with Crippen LogP contribution in [0, 0.1) is 19.7 Å². The summed E-state index contributed by atoms with van der Waals surface area (Å²) in [5.74, 6) is -0.272. The van der Waals surface area contributed by atoms with E-state index in [9.17, 15) is 14.0 Å². The molecule has 0 unspecified atom stereocenters. The fraction of sp³-hybridized carbons (Fsp3) is 0.381. The van der Waals surface area contributed by atoms with Gasteiger partial charge in [-0.15, -0.1) is 11.3 Å². The first-order chi connectivity index (χ1) is 13.4. The molecule has 4 rings (SSSR count). The molecule has 0 saturated heterocycles. The second-order valence-corrected chi connectivity index (χ2v) is 8.54. The molecule has 1 aliphatic rings. The minimum absolute atomic E-state index is 0.0112. The van der Waals surface area contributed by atoms with E-state index in [1.807, 2.05) is 18.7 Å². The summed E-state index contributed by atoms with van der Waals surface area (Å²) >= 11 is 1.52. The Hall–Kier alpha value is -2.54. The number of carbonyl (C=O) groups excluding carboxylic acids is 1. The number of halogens is 1. The molecule has 1 amide bonds. The van der Waals surface area contributed by atoms with Gasteiger partial charge in [0.1, 0.15) is 10.6 Å². The van der Waals surface area contributed by atoms with Gasteiger partial charge in [-0.3, -0.25) is 14.2 Å². The average molecular weight is 399 g/mol. The Balaban J connectivity index is 1.49. The molecule has 0 atom stereocenters. The maximum Gasteiger partial charge on any atom is 0.262 e. The largest absolute Gasteiger partial charge is 0.335 e. The summed E-state index contributed by atoms with van der Waals surface area (Å²) in [6, 6.07) is 6.49. The van der Waals surface area contributed by atoms with Crippen LogP contribution in [0.4, 0.5) is 4.39 Å². The summed E-state index contributed by atoms with van der Waals surface area (Å²) in [4.78, 5) is 33.7. The van der Waals surface area contributed by atoms with Crippen molar-refractivity contribution in [3.63, 3.8) is 0 Å². The first-order valence-electron chi connectivity index (χ1n) is 9.43. The summed E-state index contributed by atoms with van der Waals surface area (Å²) in [6.45, 7) is 4.70. The number of carbonyl (C=O) groups is 1. The molecule has 5 nitrogen and oxygen atoms in total. The Morgan fingerprint density at radius 3 is 2.68 bits per heavy atom. The molecule has 0 radical (unpaired) electrons. The van der Waals surface area contributed by atoms with Crippen LogP contribution in [0.15, 0.2) is 35.4 Å². The van der Waals surface area contributed by atoms with Crippen molar-refractivity contribution >= 4 is 27.5 Å². The number of hydrogen-bond donors (Lipinski definition) is 0. The van der Waals surface area contributed by atoms with Crippen molar-refractivity contribution in [2.24, 2.45) is 0 Å². The van der Waals surface area contributed by atoms with Crippen molar-refractivity contribution in [2.75, 3.05) is 0 Å². The molecular formula is C21H22FN3O2S. The molecule has 1 saturated carbocycles. The molecule has 1 aliphatic carbocycles. The zero-order valence-corrected chi connectivity index (χ0v) is 16.8. The number of aryl methyl sites for hydroxylation is 3. The highest BCUT2D eigenvalue weighted by Gasteiger charge is 2.32. The second kappa shape index (κ2) is 7.47. The zero-order valence-electron chi connectivity index (χ0n) is 15.9. The molecule has 0 aliphatic heterocycles. The van der Waals surface area contributed by atoms with Crippen LogP contribution in [0.2, 0.25) is 0 Å². The predicted octanol–water partition coefficient (Wildman–Crippen LogP) is 3.80. The number of rotatable bonds is 6. The minimum Gasteiger partial charge on any atom is -0.335 e. The molecule has 0 N–H and O–H groups in total. The summed E-state index contributed by atoms with van der Waals surface area (Å²) < 4.78 is 14.7. The number of hydrogen-bond acceptors (Lipinski definition) is 4. The van der Waals surface area contributed by atoms with Crippen LogP contribution in [0.5, 0.6) is 0 Å². The number of amides is 1. The van der Waals surface area contributed by atoms with Gasteiger partial charge in [-0.2, -0.15) is 0 Å². The van der Waals surface area contributed by atoms with E-state index in [4.69, 9.17) is 0 Å². The molecule has 28 heavy (non-hydrogen) atoms. The van der Waals surface area contributed by atoms with Gasteiger partial charge in [-0.25, -0.2) is 9.37 Å². The van der Waals surface area contributed by atoms with Crippen molar-refractivity contribution in [2.45, 2.75) is 52.2 Å². The van der Waals surface area contributed by atoms with Crippen LogP contribution in [-0.4, -0.2) is 26.4 Å². The molecule has 146 valence electrons. The maximum absolute atomic E-state index is 13.1. The maximum atomic E-state index is 13.1. The molecule has 3 aromatic rings. The molecular weight excluding hydrogens is 377 g/mol. The number of nitrogens with zero attached hydrogens (tertiary/aromatic N) is 3. The summed E-state index contributed by atoms with van der Waals surface area (Å²) in [5, 5.41) is 0.655. The number of aromatic nitrogens is 2. The van der Waals surface area contributed by atoms with E-state index in [2.05, 4.69) is 4.98 Å². The molecule has 2 heterocycles. The van der Waals surface area contributed by atoms with E-state index in [0.717, 1.165) is 33.7 Å². The lowest BCUT2D eigenvalue weighted by Crippen LogP contribution is -2.34. The SMILES string of the molecule is Cc1sc2ncn(CCC(=O)N(Cc3ccc(F)cc3)C3CC3)c(=O)c2c1C. The summed E-state index contributed by atoms with van der Waals surface area (Å²) in [5.41, 5.74) is 1.79. The Kier molecular flexibility index (Phi) is 5.02. The van der Waals surface area contributed by atoms with Crippen LogP contribution in [0.1, 0.15) is 35.3 Å². The van der Waals surface area contributed by atoms with E-state index < -0.39 is 0 Å². The van der Waals surface area contributed by atoms with Crippen molar-refractivity contribution in [3.8, 4) is 0 Å². The lowest BCUT2D eigenvalue weighted by Gasteiger charge is -2.23. The fourth-order valence-corrected chi connectivity index (χ4v) is 4.37. The lowest BCUT2D eigenvalue weighted by atomic mass is 10.2. The third-order valence-corrected chi connectivity index (χ3v) is 6.41. The first kappa shape index (κ1) is 18.8. The van der Waals surface area contributed by atoms with Gasteiger partial charge < -0.3 is 4.90 Å². The quantitative estimate of drug-likeness (QED) is 0.634. The molecule has 2 aromatic heterocycles. The average Bonchev–Trinajstić information content (AvgIpc) is 3.47. The molecule has 1 aromatic carbocycles. The van der Waals surface area contributed by atoms with E-state index >= 15 is 0 Å². The van der Waals surface area contributed by atoms with E-state index in [1.54, 1.807) is 12.1 Å². The van der Waals surface area contributed by atoms with Crippen LogP contribution in [0.25, 0.3) is 10.2 Å². The van der Waals surface area contributed by atoms with Crippen molar-refractivity contribution in [3.05, 3.63) is 62.8 Å². The standard InChI is InChI=1S/C21H22FN3O2S/c1-13-14(2)28-20-19(13)21(27)24(12-23-20)10-9-18(26)25(17-7-8-17)11-15-3-5-16(22)6-4-15/h3-6,12,17H,7-11H2,1-2H3. The van der Waals surface area contributed by atoms with Crippen LogP contribution in [-0.2, 0) is 17.9 Å². The van der Waals surface area contributed by atoms with Crippen LogP contribution >= 0.6 is 11.3 Å². The van der Waals surface area contributed by atoms with E-state index in [1.165, 1.54) is 34.4 Å². The van der Waals surface area contributed by atoms with Gasteiger partial charge in [0, 0.05) is 30.4 Å². The van der Waals surface area contributed by atoms with Gasteiger partial charge in [0.2, 0.25) is 5.91 Å². The van der Waals surface area contributed by atoms with Gasteiger partial charge in [0.25, 0.3) is 5.56 Å². The number of thiophene rings is 1.